The van der Waals surface area contributed by atoms with Gasteiger partial charge in [-0.1, -0.05) is 11.3 Å². The molecule has 1 aromatic carbocycles. The Morgan fingerprint density at radius 1 is 1.42 bits per heavy atom. The van der Waals surface area contributed by atoms with Crippen molar-refractivity contribution >= 4 is 11.6 Å². The summed E-state index contributed by atoms with van der Waals surface area (Å²) in [6.07, 6.45) is 3.92. The molecule has 2 aromatic rings. The largest absolute Gasteiger partial charge is 0.508 e. The standard InChI is InChI=1S/C18H24N6O2/c19-8-14-9-24(22-21-14)10-15-6-12-4-5-23(15)11-17(12)18(26)20-13-2-1-3-16(25)7-13/h1-3,7,9,12,15,17,25H,4-6,8,10-11,19H2,(H,20,26). The zero-order chi connectivity index (χ0) is 18.1. The van der Waals surface area contributed by atoms with E-state index >= 15 is 0 Å². The topological polar surface area (TPSA) is 109 Å². The Hall–Kier alpha value is -2.45. The summed E-state index contributed by atoms with van der Waals surface area (Å²) in [5.41, 5.74) is 7.03. The smallest absolute Gasteiger partial charge is 0.229 e. The molecule has 2 bridgehead atoms. The molecule has 3 saturated heterocycles. The van der Waals surface area contributed by atoms with Gasteiger partial charge >= 0.3 is 0 Å². The number of carbonyl (C=O) groups is 1. The molecule has 8 heteroatoms. The molecule has 5 rings (SSSR count). The summed E-state index contributed by atoms with van der Waals surface area (Å²) in [6, 6.07) is 7.06. The number of nitrogens with zero attached hydrogens (tertiary/aromatic N) is 4. The maximum absolute atomic E-state index is 12.7. The summed E-state index contributed by atoms with van der Waals surface area (Å²) < 4.78 is 1.86. The Balaban J connectivity index is 1.39. The monoisotopic (exact) mass is 356 g/mol. The minimum Gasteiger partial charge on any atom is -0.508 e. The van der Waals surface area contributed by atoms with Crippen molar-refractivity contribution in [3.05, 3.63) is 36.2 Å². The second kappa shape index (κ2) is 7.05. The van der Waals surface area contributed by atoms with Crippen molar-refractivity contribution in [2.75, 3.05) is 18.4 Å². The molecule has 3 aliphatic heterocycles. The molecular formula is C18H24N6O2. The van der Waals surface area contributed by atoms with Crippen LogP contribution in [0.25, 0.3) is 0 Å². The van der Waals surface area contributed by atoms with Gasteiger partial charge < -0.3 is 16.2 Å². The first-order valence-electron chi connectivity index (χ1n) is 9.05. The van der Waals surface area contributed by atoms with E-state index in [1.165, 1.54) is 0 Å². The van der Waals surface area contributed by atoms with Gasteiger partial charge in [-0.3, -0.25) is 14.4 Å². The van der Waals surface area contributed by atoms with Gasteiger partial charge in [0.2, 0.25) is 5.91 Å². The lowest BCUT2D eigenvalue weighted by Gasteiger charge is -2.49. The first-order chi connectivity index (χ1) is 12.6. The van der Waals surface area contributed by atoms with E-state index in [9.17, 15) is 9.90 Å². The summed E-state index contributed by atoms with van der Waals surface area (Å²) in [7, 11) is 0. The number of hydrogen-bond acceptors (Lipinski definition) is 6. The third-order valence-electron chi connectivity index (χ3n) is 5.52. The van der Waals surface area contributed by atoms with Gasteiger partial charge in [0.15, 0.2) is 0 Å². The number of phenolic OH excluding ortho intramolecular Hbond substituents is 1. The molecule has 3 aliphatic rings. The van der Waals surface area contributed by atoms with E-state index in [-0.39, 0.29) is 17.6 Å². The molecular weight excluding hydrogens is 332 g/mol. The van der Waals surface area contributed by atoms with Gasteiger partial charge in [0.05, 0.1) is 18.2 Å². The Bertz CT molecular complexity index is 791. The molecule has 4 atom stereocenters. The van der Waals surface area contributed by atoms with Gasteiger partial charge in [-0.15, -0.1) is 5.10 Å². The highest BCUT2D eigenvalue weighted by Crippen LogP contribution is 2.37. The summed E-state index contributed by atoms with van der Waals surface area (Å²) >= 11 is 0. The predicted molar refractivity (Wildman–Crippen MR) is 96.2 cm³/mol. The molecule has 0 spiro atoms. The number of aromatic hydroxyl groups is 1. The Morgan fingerprint density at radius 3 is 3.00 bits per heavy atom. The second-order valence-electron chi connectivity index (χ2n) is 7.22. The molecule has 1 amide bonds. The molecule has 8 nitrogen and oxygen atoms in total. The number of aromatic nitrogens is 3. The molecule has 0 saturated carbocycles. The SMILES string of the molecule is NCc1cn(CC2CC3CCN2CC3C(=O)Nc2cccc(O)c2)nn1. The molecule has 4 N–H and O–H groups in total. The highest BCUT2D eigenvalue weighted by Gasteiger charge is 2.43. The molecule has 138 valence electrons. The number of nitrogens with two attached hydrogens (primary N) is 1. The summed E-state index contributed by atoms with van der Waals surface area (Å²) in [5, 5.41) is 20.7. The van der Waals surface area contributed by atoms with Crippen LogP contribution in [0.1, 0.15) is 18.5 Å². The van der Waals surface area contributed by atoms with E-state index in [0.717, 1.165) is 38.2 Å². The predicted octanol–water partition coefficient (Wildman–Crippen LogP) is 0.791. The zero-order valence-corrected chi connectivity index (χ0v) is 14.6. The fourth-order valence-electron chi connectivity index (χ4n) is 4.18. The minimum absolute atomic E-state index is 0.0160. The fourth-order valence-corrected chi connectivity index (χ4v) is 4.18. The van der Waals surface area contributed by atoms with Crippen LogP contribution in [0.15, 0.2) is 30.5 Å². The molecule has 4 heterocycles. The van der Waals surface area contributed by atoms with Gasteiger partial charge in [-0.05, 0) is 37.4 Å². The molecule has 1 aromatic heterocycles. The van der Waals surface area contributed by atoms with Crippen LogP contribution >= 0.6 is 0 Å². The minimum atomic E-state index is -0.0160. The lowest BCUT2D eigenvalue weighted by molar-refractivity contribution is -0.127. The van der Waals surface area contributed by atoms with Crippen LogP contribution in [0.2, 0.25) is 0 Å². The average molecular weight is 356 g/mol. The van der Waals surface area contributed by atoms with Crippen LogP contribution in [0.4, 0.5) is 5.69 Å². The van der Waals surface area contributed by atoms with Crippen LogP contribution in [0.5, 0.6) is 5.75 Å². The van der Waals surface area contributed by atoms with Crippen molar-refractivity contribution in [1.29, 1.82) is 0 Å². The molecule has 3 fully saturated rings. The van der Waals surface area contributed by atoms with Crippen molar-refractivity contribution in [2.24, 2.45) is 17.6 Å². The number of nitrogens with one attached hydrogen (secondary N) is 1. The molecule has 0 aliphatic carbocycles. The van der Waals surface area contributed by atoms with Gasteiger partial charge in [-0.2, -0.15) is 0 Å². The lowest BCUT2D eigenvalue weighted by atomic mass is 9.75. The van der Waals surface area contributed by atoms with Crippen molar-refractivity contribution in [1.82, 2.24) is 19.9 Å². The molecule has 26 heavy (non-hydrogen) atoms. The van der Waals surface area contributed by atoms with Gasteiger partial charge in [0, 0.05) is 37.1 Å². The van der Waals surface area contributed by atoms with Crippen molar-refractivity contribution in [3.63, 3.8) is 0 Å². The number of piperidine rings is 3. The fraction of sp³-hybridized carbons (Fsp3) is 0.500. The number of fused-ring (bicyclic) bond motifs is 3. The first-order valence-corrected chi connectivity index (χ1v) is 9.05. The number of benzene rings is 1. The molecule has 4 unspecified atom stereocenters. The number of carbonyl (C=O) groups excluding carboxylic acids is 1. The second-order valence-corrected chi connectivity index (χ2v) is 7.22. The third-order valence-corrected chi connectivity index (χ3v) is 5.52. The Morgan fingerprint density at radius 2 is 2.31 bits per heavy atom. The third kappa shape index (κ3) is 3.42. The number of phenols is 1. The Kier molecular flexibility index (Phi) is 4.60. The summed E-state index contributed by atoms with van der Waals surface area (Å²) in [6.45, 7) is 2.96. The van der Waals surface area contributed by atoms with E-state index in [1.54, 1.807) is 24.3 Å². The average Bonchev–Trinajstić information content (AvgIpc) is 3.10. The van der Waals surface area contributed by atoms with E-state index in [0.29, 0.717) is 24.2 Å². The van der Waals surface area contributed by atoms with Crippen LogP contribution in [0.3, 0.4) is 0 Å². The maximum Gasteiger partial charge on any atom is 0.229 e. The van der Waals surface area contributed by atoms with E-state index in [2.05, 4.69) is 20.5 Å². The quantitative estimate of drug-likeness (QED) is 0.731. The highest BCUT2D eigenvalue weighted by atomic mass is 16.3. The first kappa shape index (κ1) is 17.0. The normalized spacial score (nSPS) is 27.4. The maximum atomic E-state index is 12.7. The lowest BCUT2D eigenvalue weighted by Crippen LogP contribution is -2.57. The zero-order valence-electron chi connectivity index (χ0n) is 14.6. The summed E-state index contributed by atoms with van der Waals surface area (Å²) in [5.74, 6) is 0.550. The van der Waals surface area contributed by atoms with E-state index < -0.39 is 0 Å². The van der Waals surface area contributed by atoms with Gasteiger partial charge in [0.25, 0.3) is 0 Å². The van der Waals surface area contributed by atoms with Crippen LogP contribution in [-0.4, -0.2) is 50.0 Å². The summed E-state index contributed by atoms with van der Waals surface area (Å²) in [4.78, 5) is 15.1. The van der Waals surface area contributed by atoms with Crippen molar-refractivity contribution in [3.8, 4) is 5.75 Å². The number of hydrogen-bond donors (Lipinski definition) is 3. The van der Waals surface area contributed by atoms with Gasteiger partial charge in [0.1, 0.15) is 5.75 Å². The van der Waals surface area contributed by atoms with E-state index in [4.69, 9.17) is 5.73 Å². The van der Waals surface area contributed by atoms with Gasteiger partial charge in [-0.25, -0.2) is 0 Å². The van der Waals surface area contributed by atoms with Crippen molar-refractivity contribution in [2.45, 2.75) is 32.0 Å². The number of rotatable bonds is 5. The van der Waals surface area contributed by atoms with Crippen molar-refractivity contribution < 1.29 is 9.90 Å². The Labute approximate surface area is 152 Å². The highest BCUT2D eigenvalue weighted by molar-refractivity contribution is 5.93. The van der Waals surface area contributed by atoms with Crippen LogP contribution < -0.4 is 11.1 Å². The molecule has 0 radical (unpaired) electrons. The number of anilines is 1. The van der Waals surface area contributed by atoms with Crippen LogP contribution in [0, 0.1) is 11.8 Å². The van der Waals surface area contributed by atoms with E-state index in [1.807, 2.05) is 10.9 Å². The van der Waals surface area contributed by atoms with Crippen LogP contribution in [-0.2, 0) is 17.9 Å². The number of amides is 1.